The van der Waals surface area contributed by atoms with Gasteiger partial charge in [0, 0.05) is 17.5 Å². The first-order valence-corrected chi connectivity index (χ1v) is 8.58. The third kappa shape index (κ3) is 7.42. The fourth-order valence-corrected chi connectivity index (χ4v) is 4.11. The van der Waals surface area contributed by atoms with Crippen LogP contribution in [-0.2, 0) is 4.79 Å². The van der Waals surface area contributed by atoms with Crippen LogP contribution in [0.2, 0.25) is 0 Å². The van der Waals surface area contributed by atoms with Crippen LogP contribution >= 0.6 is 0 Å². The third-order valence-electron chi connectivity index (χ3n) is 4.46. The highest BCUT2D eigenvalue weighted by Gasteiger charge is 2.36. The molecule has 0 aromatic heterocycles. The second kappa shape index (κ2) is 8.17. The molecule has 1 fully saturated rings. The molecule has 20 heavy (non-hydrogen) atoms. The van der Waals surface area contributed by atoms with Crippen molar-refractivity contribution in [2.75, 3.05) is 0 Å². The lowest BCUT2D eigenvalue weighted by molar-refractivity contribution is -0.107. The molecule has 0 radical (unpaired) electrons. The molecule has 2 heteroatoms. The zero-order valence-corrected chi connectivity index (χ0v) is 14.1. The monoisotopic (exact) mass is 281 g/mol. The molecular formula is C18H35NO. The molecule has 0 aromatic rings. The van der Waals surface area contributed by atoms with E-state index in [0.29, 0.717) is 11.1 Å². The Bertz CT molecular complexity index is 267. The van der Waals surface area contributed by atoms with Crippen molar-refractivity contribution >= 4 is 6.29 Å². The maximum Gasteiger partial charge on any atom is 0.119 e. The number of aldehydes is 1. The third-order valence-corrected chi connectivity index (χ3v) is 4.46. The number of piperidine rings is 1. The Morgan fingerprint density at radius 1 is 0.900 bits per heavy atom. The standard InChI is InChI=1S/C18H35NO/c1-17(2)14-16(15-18(3,4)19-17)12-10-8-6-5-7-9-11-13-20/h13,16,19H,5-12,14-15H2,1-4H3. The van der Waals surface area contributed by atoms with Crippen molar-refractivity contribution in [1.29, 1.82) is 0 Å². The Labute approximate surface area is 126 Å². The van der Waals surface area contributed by atoms with Crippen molar-refractivity contribution in [3.8, 4) is 0 Å². The summed E-state index contributed by atoms with van der Waals surface area (Å²) in [5.41, 5.74) is 0.586. The summed E-state index contributed by atoms with van der Waals surface area (Å²) in [7, 11) is 0. The Balaban J connectivity index is 2.11. The molecule has 118 valence electrons. The molecule has 0 atom stereocenters. The fraction of sp³-hybridized carbons (Fsp3) is 0.944. The van der Waals surface area contributed by atoms with Gasteiger partial charge in [-0.2, -0.15) is 0 Å². The molecule has 1 aliphatic heterocycles. The first-order chi connectivity index (χ1) is 9.35. The lowest BCUT2D eigenvalue weighted by atomic mass is 9.74. The normalized spacial score (nSPS) is 21.8. The van der Waals surface area contributed by atoms with Gasteiger partial charge in [0.05, 0.1) is 0 Å². The molecule has 0 amide bonds. The van der Waals surface area contributed by atoms with Crippen LogP contribution in [0.5, 0.6) is 0 Å². The van der Waals surface area contributed by atoms with Gasteiger partial charge in [-0.05, 0) is 52.9 Å². The summed E-state index contributed by atoms with van der Waals surface area (Å²) in [4.78, 5) is 10.2. The second-order valence-corrected chi connectivity index (χ2v) is 8.03. The average Bonchev–Trinajstić information content (AvgIpc) is 2.28. The molecule has 1 N–H and O–H groups in total. The maximum atomic E-state index is 10.2. The Morgan fingerprint density at radius 3 is 1.95 bits per heavy atom. The molecule has 0 aromatic carbocycles. The minimum atomic E-state index is 0.293. The number of nitrogens with one attached hydrogen (secondary N) is 1. The summed E-state index contributed by atoms with van der Waals surface area (Å²) in [5.74, 6) is 0.885. The molecule has 0 unspecified atom stereocenters. The van der Waals surface area contributed by atoms with E-state index >= 15 is 0 Å². The lowest BCUT2D eigenvalue weighted by Gasteiger charge is -2.46. The SMILES string of the molecule is CC1(C)CC(CCCCCCCCC=O)CC(C)(C)N1. The van der Waals surface area contributed by atoms with Crippen LogP contribution in [0.1, 0.15) is 91.9 Å². The summed E-state index contributed by atoms with van der Waals surface area (Å²) in [6.07, 6.45) is 13.5. The lowest BCUT2D eigenvalue weighted by Crippen LogP contribution is -2.57. The smallest absolute Gasteiger partial charge is 0.119 e. The van der Waals surface area contributed by atoms with Crippen molar-refractivity contribution < 1.29 is 4.79 Å². The summed E-state index contributed by atoms with van der Waals surface area (Å²) in [6.45, 7) is 9.36. The number of hydrogen-bond acceptors (Lipinski definition) is 2. The van der Waals surface area contributed by atoms with Gasteiger partial charge in [-0.3, -0.25) is 0 Å². The zero-order chi connectivity index (χ0) is 15.1. The Hall–Kier alpha value is -0.370. The van der Waals surface area contributed by atoms with E-state index in [1.807, 2.05) is 0 Å². The molecule has 0 bridgehead atoms. The first-order valence-electron chi connectivity index (χ1n) is 8.58. The van der Waals surface area contributed by atoms with Crippen LogP contribution in [0.15, 0.2) is 0 Å². The molecule has 2 nitrogen and oxygen atoms in total. The van der Waals surface area contributed by atoms with Gasteiger partial charge in [0.1, 0.15) is 6.29 Å². The molecule has 1 rings (SSSR count). The first kappa shape index (κ1) is 17.7. The van der Waals surface area contributed by atoms with E-state index in [4.69, 9.17) is 0 Å². The van der Waals surface area contributed by atoms with Crippen LogP contribution < -0.4 is 5.32 Å². The maximum absolute atomic E-state index is 10.2. The van der Waals surface area contributed by atoms with E-state index in [-0.39, 0.29) is 0 Å². The van der Waals surface area contributed by atoms with Crippen LogP contribution in [0.25, 0.3) is 0 Å². The highest BCUT2D eigenvalue weighted by atomic mass is 16.1. The van der Waals surface area contributed by atoms with Gasteiger partial charge in [-0.1, -0.05) is 38.5 Å². The molecule has 1 aliphatic rings. The fourth-order valence-electron chi connectivity index (χ4n) is 4.11. The van der Waals surface area contributed by atoms with E-state index in [2.05, 4.69) is 33.0 Å². The van der Waals surface area contributed by atoms with E-state index in [0.717, 1.165) is 25.0 Å². The van der Waals surface area contributed by atoms with Gasteiger partial charge in [0.25, 0.3) is 0 Å². The highest BCUT2D eigenvalue weighted by molar-refractivity contribution is 5.48. The molecule has 0 saturated carbocycles. The molecule has 0 spiro atoms. The Kier molecular flexibility index (Phi) is 7.22. The van der Waals surface area contributed by atoms with Gasteiger partial charge < -0.3 is 10.1 Å². The largest absolute Gasteiger partial charge is 0.307 e. The number of unbranched alkanes of at least 4 members (excludes halogenated alkanes) is 6. The van der Waals surface area contributed by atoms with E-state index in [9.17, 15) is 4.79 Å². The number of hydrogen-bond donors (Lipinski definition) is 1. The quantitative estimate of drug-likeness (QED) is 0.483. The van der Waals surface area contributed by atoms with Crippen molar-refractivity contribution in [2.24, 2.45) is 5.92 Å². The van der Waals surface area contributed by atoms with Gasteiger partial charge in [-0.25, -0.2) is 0 Å². The van der Waals surface area contributed by atoms with Crippen molar-refractivity contribution in [2.45, 2.75) is 103 Å². The number of rotatable bonds is 9. The van der Waals surface area contributed by atoms with Crippen LogP contribution in [0.3, 0.4) is 0 Å². The van der Waals surface area contributed by atoms with Crippen molar-refractivity contribution in [3.63, 3.8) is 0 Å². The topological polar surface area (TPSA) is 29.1 Å². The molecule has 1 heterocycles. The summed E-state index contributed by atoms with van der Waals surface area (Å²) in [5, 5.41) is 3.76. The highest BCUT2D eigenvalue weighted by Crippen LogP contribution is 2.35. The van der Waals surface area contributed by atoms with Gasteiger partial charge in [0.15, 0.2) is 0 Å². The van der Waals surface area contributed by atoms with E-state index in [1.54, 1.807) is 0 Å². The predicted octanol–water partition coefficient (Wildman–Crippen LogP) is 4.86. The molecule has 0 aliphatic carbocycles. The number of carbonyl (C=O) groups is 1. The Morgan fingerprint density at radius 2 is 1.40 bits per heavy atom. The summed E-state index contributed by atoms with van der Waals surface area (Å²) >= 11 is 0. The zero-order valence-electron chi connectivity index (χ0n) is 14.1. The van der Waals surface area contributed by atoms with Gasteiger partial charge in [-0.15, -0.1) is 0 Å². The van der Waals surface area contributed by atoms with E-state index in [1.165, 1.54) is 51.4 Å². The average molecular weight is 281 g/mol. The number of carbonyl (C=O) groups excluding carboxylic acids is 1. The van der Waals surface area contributed by atoms with Gasteiger partial charge >= 0.3 is 0 Å². The predicted molar refractivity (Wildman–Crippen MR) is 87.0 cm³/mol. The van der Waals surface area contributed by atoms with Crippen LogP contribution in [-0.4, -0.2) is 17.4 Å². The minimum absolute atomic E-state index is 0.293. The molecular weight excluding hydrogens is 246 g/mol. The second-order valence-electron chi connectivity index (χ2n) is 8.03. The summed E-state index contributed by atoms with van der Waals surface area (Å²) < 4.78 is 0. The van der Waals surface area contributed by atoms with Crippen molar-refractivity contribution in [1.82, 2.24) is 5.32 Å². The minimum Gasteiger partial charge on any atom is -0.307 e. The molecule has 1 saturated heterocycles. The van der Waals surface area contributed by atoms with Crippen molar-refractivity contribution in [3.05, 3.63) is 0 Å². The van der Waals surface area contributed by atoms with E-state index < -0.39 is 0 Å². The van der Waals surface area contributed by atoms with Crippen LogP contribution in [0.4, 0.5) is 0 Å². The van der Waals surface area contributed by atoms with Gasteiger partial charge in [0.2, 0.25) is 0 Å². The van der Waals surface area contributed by atoms with Crippen LogP contribution in [0, 0.1) is 5.92 Å². The summed E-state index contributed by atoms with van der Waals surface area (Å²) in [6, 6.07) is 0.